The zero-order valence-electron chi connectivity index (χ0n) is 13.8. The Balaban J connectivity index is 1.78. The summed E-state index contributed by atoms with van der Waals surface area (Å²) >= 11 is 0. The minimum Gasteiger partial charge on any atom is -0.381 e. The standard InChI is InChI=1S/C16H33NO4/c1-3-4-8-18-12-14-21-15-13-20-11-7-17-16(2)5-9-19-10-6-16/h17H,3-15H2,1-2H3. The van der Waals surface area contributed by atoms with E-state index in [0.29, 0.717) is 26.4 Å². The SMILES string of the molecule is CCCCOCCOCCOCCNC1(C)CCOCC1. The largest absolute Gasteiger partial charge is 0.381 e. The monoisotopic (exact) mass is 303 g/mol. The smallest absolute Gasteiger partial charge is 0.0701 e. The number of nitrogens with one attached hydrogen (secondary N) is 1. The van der Waals surface area contributed by atoms with Gasteiger partial charge < -0.3 is 24.3 Å². The lowest BCUT2D eigenvalue weighted by atomic mass is 9.93. The number of unbranched alkanes of at least 4 members (excludes halogenated alkanes) is 1. The Morgan fingerprint density at radius 2 is 1.48 bits per heavy atom. The van der Waals surface area contributed by atoms with Crippen LogP contribution in [0.1, 0.15) is 39.5 Å². The fourth-order valence-corrected chi connectivity index (χ4v) is 2.21. The van der Waals surface area contributed by atoms with E-state index >= 15 is 0 Å². The average molecular weight is 303 g/mol. The lowest BCUT2D eigenvalue weighted by Gasteiger charge is -2.34. The van der Waals surface area contributed by atoms with Crippen molar-refractivity contribution >= 4 is 0 Å². The van der Waals surface area contributed by atoms with E-state index in [1.54, 1.807) is 0 Å². The van der Waals surface area contributed by atoms with Crippen LogP contribution < -0.4 is 5.32 Å². The summed E-state index contributed by atoms with van der Waals surface area (Å²) in [5, 5.41) is 3.56. The van der Waals surface area contributed by atoms with Crippen LogP contribution >= 0.6 is 0 Å². The van der Waals surface area contributed by atoms with Gasteiger partial charge in [0.05, 0.1) is 33.0 Å². The lowest BCUT2D eigenvalue weighted by molar-refractivity contribution is 0.0107. The summed E-state index contributed by atoms with van der Waals surface area (Å²) < 4.78 is 21.8. The van der Waals surface area contributed by atoms with Crippen molar-refractivity contribution in [3.05, 3.63) is 0 Å². The highest BCUT2D eigenvalue weighted by Gasteiger charge is 2.25. The van der Waals surface area contributed by atoms with Gasteiger partial charge in [-0.25, -0.2) is 0 Å². The summed E-state index contributed by atoms with van der Waals surface area (Å²) in [5.41, 5.74) is 0.216. The van der Waals surface area contributed by atoms with Crippen LogP contribution in [0.2, 0.25) is 0 Å². The van der Waals surface area contributed by atoms with Gasteiger partial charge in [0.25, 0.3) is 0 Å². The van der Waals surface area contributed by atoms with Gasteiger partial charge in [-0.05, 0) is 26.2 Å². The maximum absolute atomic E-state index is 5.56. The van der Waals surface area contributed by atoms with Crippen molar-refractivity contribution in [1.29, 1.82) is 0 Å². The van der Waals surface area contributed by atoms with E-state index in [1.807, 2.05) is 0 Å². The first-order valence-corrected chi connectivity index (χ1v) is 8.33. The highest BCUT2D eigenvalue weighted by molar-refractivity contribution is 4.84. The van der Waals surface area contributed by atoms with E-state index in [2.05, 4.69) is 19.2 Å². The van der Waals surface area contributed by atoms with Crippen molar-refractivity contribution < 1.29 is 18.9 Å². The summed E-state index contributed by atoms with van der Waals surface area (Å²) in [4.78, 5) is 0. The molecule has 126 valence electrons. The number of hydrogen-bond acceptors (Lipinski definition) is 5. The predicted octanol–water partition coefficient (Wildman–Crippen LogP) is 1.99. The highest BCUT2D eigenvalue weighted by atomic mass is 16.5. The van der Waals surface area contributed by atoms with Crippen molar-refractivity contribution in [2.75, 3.05) is 59.4 Å². The maximum atomic E-state index is 5.56. The second-order valence-electron chi connectivity index (χ2n) is 5.79. The molecule has 0 aliphatic carbocycles. The molecule has 1 fully saturated rings. The second kappa shape index (κ2) is 12.4. The van der Waals surface area contributed by atoms with Crippen molar-refractivity contribution in [3.8, 4) is 0 Å². The van der Waals surface area contributed by atoms with Crippen molar-refractivity contribution in [3.63, 3.8) is 0 Å². The Labute approximate surface area is 129 Å². The average Bonchev–Trinajstić information content (AvgIpc) is 2.49. The van der Waals surface area contributed by atoms with E-state index in [-0.39, 0.29) is 5.54 Å². The highest BCUT2D eigenvalue weighted by Crippen LogP contribution is 2.18. The quantitative estimate of drug-likeness (QED) is 0.527. The third-order valence-electron chi connectivity index (χ3n) is 3.78. The molecule has 21 heavy (non-hydrogen) atoms. The normalized spacial score (nSPS) is 18.0. The van der Waals surface area contributed by atoms with Crippen LogP contribution in [-0.2, 0) is 18.9 Å². The molecule has 1 rings (SSSR count). The first-order chi connectivity index (χ1) is 10.3. The molecule has 5 nitrogen and oxygen atoms in total. The molecule has 0 saturated carbocycles. The summed E-state index contributed by atoms with van der Waals surface area (Å²) in [6.07, 6.45) is 4.46. The zero-order chi connectivity index (χ0) is 15.2. The van der Waals surface area contributed by atoms with Crippen LogP contribution in [0, 0.1) is 0 Å². The van der Waals surface area contributed by atoms with Gasteiger partial charge in [-0.15, -0.1) is 0 Å². The molecular formula is C16H33NO4. The molecule has 0 radical (unpaired) electrons. The number of hydrogen-bond donors (Lipinski definition) is 1. The topological polar surface area (TPSA) is 49.0 Å². The Kier molecular flexibility index (Phi) is 11.1. The van der Waals surface area contributed by atoms with Gasteiger partial charge in [0.2, 0.25) is 0 Å². The third-order valence-corrected chi connectivity index (χ3v) is 3.78. The molecule has 0 aromatic heterocycles. The van der Waals surface area contributed by atoms with Crippen LogP contribution in [0.4, 0.5) is 0 Å². The first kappa shape index (κ1) is 18.8. The Bertz CT molecular complexity index is 232. The molecule has 1 heterocycles. The Morgan fingerprint density at radius 3 is 2.10 bits per heavy atom. The van der Waals surface area contributed by atoms with Crippen molar-refractivity contribution in [1.82, 2.24) is 5.32 Å². The van der Waals surface area contributed by atoms with E-state index in [4.69, 9.17) is 18.9 Å². The van der Waals surface area contributed by atoms with Crippen molar-refractivity contribution in [2.24, 2.45) is 0 Å². The first-order valence-electron chi connectivity index (χ1n) is 8.33. The third kappa shape index (κ3) is 10.2. The summed E-state index contributed by atoms with van der Waals surface area (Å²) in [6, 6.07) is 0. The molecule has 0 amide bonds. The van der Waals surface area contributed by atoms with Gasteiger partial charge in [-0.1, -0.05) is 13.3 Å². The molecule has 0 atom stereocenters. The molecule has 5 heteroatoms. The molecule has 0 aromatic rings. The van der Waals surface area contributed by atoms with Crippen LogP contribution in [0.15, 0.2) is 0 Å². The number of rotatable bonds is 13. The molecule has 0 aromatic carbocycles. The van der Waals surface area contributed by atoms with Gasteiger partial charge in [0.1, 0.15) is 0 Å². The molecule has 0 spiro atoms. The molecule has 1 saturated heterocycles. The summed E-state index contributed by atoms with van der Waals surface area (Å²) in [7, 11) is 0. The van der Waals surface area contributed by atoms with E-state index in [1.165, 1.54) is 6.42 Å². The fraction of sp³-hybridized carbons (Fsp3) is 1.00. The van der Waals surface area contributed by atoms with E-state index in [0.717, 1.165) is 52.2 Å². The van der Waals surface area contributed by atoms with Crippen LogP contribution in [0.25, 0.3) is 0 Å². The Hall–Kier alpha value is -0.200. The van der Waals surface area contributed by atoms with Gasteiger partial charge in [-0.3, -0.25) is 0 Å². The molecule has 1 aliphatic rings. The van der Waals surface area contributed by atoms with Crippen LogP contribution in [0.3, 0.4) is 0 Å². The summed E-state index contributed by atoms with van der Waals surface area (Å²) in [6.45, 7) is 11.2. The molecular weight excluding hydrogens is 270 g/mol. The second-order valence-corrected chi connectivity index (χ2v) is 5.79. The van der Waals surface area contributed by atoms with Gasteiger partial charge in [0.15, 0.2) is 0 Å². The lowest BCUT2D eigenvalue weighted by Crippen LogP contribution is -2.47. The molecule has 1 N–H and O–H groups in total. The van der Waals surface area contributed by atoms with Gasteiger partial charge in [-0.2, -0.15) is 0 Å². The minimum absolute atomic E-state index is 0.216. The zero-order valence-corrected chi connectivity index (χ0v) is 13.8. The molecule has 1 aliphatic heterocycles. The van der Waals surface area contributed by atoms with Crippen molar-refractivity contribution in [2.45, 2.75) is 45.1 Å². The predicted molar refractivity (Wildman–Crippen MR) is 83.8 cm³/mol. The van der Waals surface area contributed by atoms with Gasteiger partial charge in [0, 0.05) is 31.9 Å². The fourth-order valence-electron chi connectivity index (χ4n) is 2.21. The molecule has 0 bridgehead atoms. The van der Waals surface area contributed by atoms with Crippen LogP contribution in [0.5, 0.6) is 0 Å². The van der Waals surface area contributed by atoms with E-state index < -0.39 is 0 Å². The van der Waals surface area contributed by atoms with Gasteiger partial charge >= 0.3 is 0 Å². The number of ether oxygens (including phenoxy) is 4. The van der Waals surface area contributed by atoms with E-state index in [9.17, 15) is 0 Å². The Morgan fingerprint density at radius 1 is 0.905 bits per heavy atom. The summed E-state index contributed by atoms with van der Waals surface area (Å²) in [5.74, 6) is 0. The molecule has 0 unspecified atom stereocenters. The van der Waals surface area contributed by atoms with Crippen LogP contribution in [-0.4, -0.2) is 64.9 Å². The maximum Gasteiger partial charge on any atom is 0.0701 e. The minimum atomic E-state index is 0.216.